The van der Waals surface area contributed by atoms with Gasteiger partial charge in [0.1, 0.15) is 11.3 Å². The first-order valence-corrected chi connectivity index (χ1v) is 4.09. The number of alkyl halides is 3. The Hall–Kier alpha value is -2.06. The van der Waals surface area contributed by atoms with E-state index < -0.39 is 23.3 Å². The van der Waals surface area contributed by atoms with Crippen LogP contribution in [0.3, 0.4) is 0 Å². The van der Waals surface area contributed by atoms with Gasteiger partial charge in [-0.1, -0.05) is 0 Å². The van der Waals surface area contributed by atoms with Crippen molar-refractivity contribution in [2.45, 2.75) is 13.1 Å². The smallest absolute Gasteiger partial charge is 0.368 e. The largest absolute Gasteiger partial charge is 0.435 e. The number of hydrogen-bond donors (Lipinski definition) is 1. The first-order valence-electron chi connectivity index (χ1n) is 4.09. The molecular weight excluding hydrogens is 225 g/mol. The second kappa shape index (κ2) is 3.22. The van der Waals surface area contributed by atoms with E-state index in [0.717, 1.165) is 0 Å². The van der Waals surface area contributed by atoms with Gasteiger partial charge in [-0.15, -0.1) is 10.2 Å². The third-order valence-electron chi connectivity index (χ3n) is 1.71. The molecule has 84 valence electrons. The van der Waals surface area contributed by atoms with Gasteiger partial charge in [-0.3, -0.25) is 0 Å². The molecule has 0 amide bonds. The van der Waals surface area contributed by atoms with Gasteiger partial charge >= 0.3 is 6.18 Å². The molecule has 0 atom stereocenters. The van der Waals surface area contributed by atoms with Gasteiger partial charge < -0.3 is 5.73 Å². The predicted molar refractivity (Wildman–Crippen MR) is 47.1 cm³/mol. The maximum atomic E-state index is 12.6. The number of aromatic nitrogens is 5. The fourth-order valence-electron chi connectivity index (χ4n) is 1.13. The van der Waals surface area contributed by atoms with Crippen LogP contribution in [-0.4, -0.2) is 25.1 Å². The van der Waals surface area contributed by atoms with E-state index in [-0.39, 0.29) is 11.5 Å². The molecular formula is C7H5F3N6. The minimum atomic E-state index is -4.65. The van der Waals surface area contributed by atoms with E-state index in [4.69, 9.17) is 5.73 Å². The first-order chi connectivity index (χ1) is 7.38. The molecule has 2 aromatic rings. The Labute approximate surface area is 86.7 Å². The van der Waals surface area contributed by atoms with E-state index >= 15 is 0 Å². The van der Waals surface area contributed by atoms with Crippen molar-refractivity contribution < 1.29 is 13.2 Å². The standard InChI is InChI=1S/C7H5F3N6/c1-2-12-3-4(7(8,9)10)13-6(11)14-5(3)16-15-2/h1H3,(H2,11,13,14,16). The lowest BCUT2D eigenvalue weighted by atomic mass is 10.3. The number of nitrogens with two attached hydrogens (primary N) is 1. The van der Waals surface area contributed by atoms with E-state index in [1.165, 1.54) is 6.92 Å². The van der Waals surface area contributed by atoms with Gasteiger partial charge in [-0.25, -0.2) is 9.97 Å². The van der Waals surface area contributed by atoms with Gasteiger partial charge in [-0.2, -0.15) is 18.2 Å². The molecule has 6 nitrogen and oxygen atoms in total. The molecule has 9 heteroatoms. The van der Waals surface area contributed by atoms with Crippen molar-refractivity contribution >= 4 is 17.1 Å². The molecule has 0 aliphatic rings. The zero-order chi connectivity index (χ0) is 11.9. The van der Waals surface area contributed by atoms with Crippen LogP contribution < -0.4 is 5.73 Å². The van der Waals surface area contributed by atoms with Gasteiger partial charge in [0.25, 0.3) is 0 Å². The molecule has 0 unspecified atom stereocenters. The van der Waals surface area contributed by atoms with Crippen molar-refractivity contribution in [3.63, 3.8) is 0 Å². The number of nitrogen functional groups attached to an aromatic ring is 1. The number of rotatable bonds is 0. The van der Waals surface area contributed by atoms with Crippen LogP contribution >= 0.6 is 0 Å². The Morgan fingerprint density at radius 2 is 1.75 bits per heavy atom. The second-order valence-corrected chi connectivity index (χ2v) is 2.96. The van der Waals surface area contributed by atoms with Crippen molar-refractivity contribution in [3.8, 4) is 0 Å². The summed E-state index contributed by atoms with van der Waals surface area (Å²) in [5.41, 5.74) is 3.22. The summed E-state index contributed by atoms with van der Waals surface area (Å²) >= 11 is 0. The summed E-state index contributed by atoms with van der Waals surface area (Å²) in [5.74, 6) is -0.411. The normalized spacial score (nSPS) is 12.0. The number of halogens is 3. The molecule has 0 saturated carbocycles. The summed E-state index contributed by atoms with van der Waals surface area (Å²) in [6.45, 7) is 1.42. The molecule has 2 heterocycles. The summed E-state index contributed by atoms with van der Waals surface area (Å²) in [5, 5.41) is 6.97. The molecule has 0 fully saturated rings. The molecule has 0 aliphatic carbocycles. The van der Waals surface area contributed by atoms with Crippen molar-refractivity contribution in [2.24, 2.45) is 0 Å². The summed E-state index contributed by atoms with van der Waals surface area (Å²) in [7, 11) is 0. The quantitative estimate of drug-likeness (QED) is 0.717. The number of nitrogens with zero attached hydrogens (tertiary/aromatic N) is 5. The average Bonchev–Trinajstić information content (AvgIpc) is 2.16. The molecule has 0 saturated heterocycles. The summed E-state index contributed by atoms with van der Waals surface area (Å²) in [6, 6.07) is 0. The monoisotopic (exact) mass is 230 g/mol. The van der Waals surface area contributed by atoms with Gasteiger partial charge in [0.05, 0.1) is 0 Å². The van der Waals surface area contributed by atoms with Crippen LogP contribution in [0, 0.1) is 6.92 Å². The topological polar surface area (TPSA) is 90.5 Å². The lowest BCUT2D eigenvalue weighted by molar-refractivity contribution is -0.139. The van der Waals surface area contributed by atoms with E-state index in [1.54, 1.807) is 0 Å². The fraction of sp³-hybridized carbons (Fsp3) is 0.286. The minimum Gasteiger partial charge on any atom is -0.368 e. The summed E-state index contributed by atoms with van der Waals surface area (Å²) in [6.07, 6.45) is -4.65. The van der Waals surface area contributed by atoms with Gasteiger partial charge in [0.2, 0.25) is 11.6 Å². The van der Waals surface area contributed by atoms with Gasteiger partial charge in [0.15, 0.2) is 5.69 Å². The van der Waals surface area contributed by atoms with Crippen molar-refractivity contribution in [1.29, 1.82) is 0 Å². The van der Waals surface area contributed by atoms with Crippen molar-refractivity contribution in [3.05, 3.63) is 11.5 Å². The minimum absolute atomic E-state index is 0.103. The Bertz CT molecular complexity index is 552. The van der Waals surface area contributed by atoms with Crippen molar-refractivity contribution in [1.82, 2.24) is 25.1 Å². The van der Waals surface area contributed by atoms with E-state index in [0.29, 0.717) is 0 Å². The first kappa shape index (κ1) is 10.5. The van der Waals surface area contributed by atoms with E-state index in [2.05, 4.69) is 25.1 Å². The molecule has 0 radical (unpaired) electrons. The van der Waals surface area contributed by atoms with Crippen molar-refractivity contribution in [2.75, 3.05) is 5.73 Å². The molecule has 0 spiro atoms. The average molecular weight is 230 g/mol. The van der Waals surface area contributed by atoms with Crippen LogP contribution in [0.25, 0.3) is 11.2 Å². The number of anilines is 1. The fourth-order valence-corrected chi connectivity index (χ4v) is 1.13. The maximum absolute atomic E-state index is 12.6. The van der Waals surface area contributed by atoms with Crippen LogP contribution in [0.2, 0.25) is 0 Å². The number of hydrogen-bond acceptors (Lipinski definition) is 6. The highest BCUT2D eigenvalue weighted by molar-refractivity contribution is 5.73. The highest BCUT2D eigenvalue weighted by Crippen LogP contribution is 2.31. The van der Waals surface area contributed by atoms with Crippen LogP contribution in [0.1, 0.15) is 11.5 Å². The lowest BCUT2D eigenvalue weighted by Gasteiger charge is -2.08. The number of fused-ring (bicyclic) bond motifs is 1. The van der Waals surface area contributed by atoms with E-state index in [9.17, 15) is 13.2 Å². The van der Waals surface area contributed by atoms with Crippen LogP contribution in [-0.2, 0) is 6.18 Å². The highest BCUT2D eigenvalue weighted by atomic mass is 19.4. The van der Waals surface area contributed by atoms with Gasteiger partial charge in [-0.05, 0) is 6.92 Å². The van der Waals surface area contributed by atoms with Crippen LogP contribution in [0.15, 0.2) is 0 Å². The number of aryl methyl sites for hydroxylation is 1. The summed E-state index contributed by atoms with van der Waals surface area (Å²) in [4.78, 5) is 10.3. The molecule has 0 aliphatic heterocycles. The third kappa shape index (κ3) is 1.71. The van der Waals surface area contributed by atoms with E-state index in [1.807, 2.05) is 0 Å². The second-order valence-electron chi connectivity index (χ2n) is 2.96. The molecule has 2 rings (SSSR count). The molecule has 16 heavy (non-hydrogen) atoms. The molecule has 2 N–H and O–H groups in total. The lowest BCUT2D eigenvalue weighted by Crippen LogP contribution is -2.14. The van der Waals surface area contributed by atoms with Crippen LogP contribution in [0.4, 0.5) is 19.1 Å². The van der Waals surface area contributed by atoms with Gasteiger partial charge in [0, 0.05) is 0 Å². The zero-order valence-electron chi connectivity index (χ0n) is 7.95. The molecule has 0 aromatic carbocycles. The Morgan fingerprint density at radius 1 is 1.06 bits per heavy atom. The Morgan fingerprint density at radius 3 is 2.38 bits per heavy atom. The predicted octanol–water partition coefficient (Wildman–Crippen LogP) is 0.724. The summed E-state index contributed by atoms with van der Waals surface area (Å²) < 4.78 is 37.8. The Balaban J connectivity index is 2.85. The molecule has 2 aromatic heterocycles. The zero-order valence-corrected chi connectivity index (χ0v) is 7.95. The van der Waals surface area contributed by atoms with Crippen LogP contribution in [0.5, 0.6) is 0 Å². The third-order valence-corrected chi connectivity index (χ3v) is 1.71. The SMILES string of the molecule is Cc1nnc2nc(N)nc(C(F)(F)F)c2n1. The highest BCUT2D eigenvalue weighted by Gasteiger charge is 2.36. The maximum Gasteiger partial charge on any atom is 0.435 e. The Kier molecular flexibility index (Phi) is 2.10. The molecule has 0 bridgehead atoms.